The third kappa shape index (κ3) is 3.00. The van der Waals surface area contributed by atoms with Crippen molar-refractivity contribution in [1.82, 2.24) is 25.2 Å². The molecule has 1 N–H and O–H groups in total. The number of nitrogens with zero attached hydrogens (tertiary/aromatic N) is 4. The van der Waals surface area contributed by atoms with Gasteiger partial charge in [-0.15, -0.1) is 5.10 Å². The van der Waals surface area contributed by atoms with Crippen LogP contribution in [0.4, 0.5) is 4.79 Å². The third-order valence-corrected chi connectivity index (χ3v) is 5.24. The number of amides is 2. The second-order valence-corrected chi connectivity index (χ2v) is 6.74. The van der Waals surface area contributed by atoms with Gasteiger partial charge in [-0.3, -0.25) is 0 Å². The van der Waals surface area contributed by atoms with Crippen LogP contribution in [0.25, 0.3) is 5.69 Å². The van der Waals surface area contributed by atoms with Crippen LogP contribution in [0.5, 0.6) is 0 Å². The number of nitrogens with one attached hydrogen (secondary N) is 1. The van der Waals surface area contributed by atoms with Crippen molar-refractivity contribution < 1.29 is 4.79 Å². The van der Waals surface area contributed by atoms with E-state index in [-0.39, 0.29) is 6.03 Å². The first-order valence-electron chi connectivity index (χ1n) is 8.82. The number of fused-ring (bicyclic) bond motifs is 1. The number of carbonyl (C=O) groups excluding carboxylic acids is 1. The van der Waals surface area contributed by atoms with E-state index in [4.69, 9.17) is 0 Å². The smallest absolute Gasteiger partial charge is 0.317 e. The molecule has 2 fully saturated rings. The summed E-state index contributed by atoms with van der Waals surface area (Å²) in [6, 6.07) is 10.3. The number of likely N-dealkylation sites (tertiary alicyclic amines) is 1. The first kappa shape index (κ1) is 15.2. The predicted octanol–water partition coefficient (Wildman–Crippen LogP) is 2.74. The molecule has 2 aliphatic rings. The summed E-state index contributed by atoms with van der Waals surface area (Å²) in [6.45, 7) is 1.29. The Morgan fingerprint density at radius 1 is 1.17 bits per heavy atom. The minimum atomic E-state index is 0.0425. The molecule has 4 rings (SSSR count). The van der Waals surface area contributed by atoms with E-state index < -0.39 is 0 Å². The van der Waals surface area contributed by atoms with Crippen molar-refractivity contribution in [3.8, 4) is 5.69 Å². The van der Waals surface area contributed by atoms with Gasteiger partial charge in [-0.2, -0.15) is 0 Å². The molecule has 1 aromatic carbocycles. The fourth-order valence-electron chi connectivity index (χ4n) is 4.06. The van der Waals surface area contributed by atoms with Crippen LogP contribution >= 0.6 is 0 Å². The van der Waals surface area contributed by atoms with Gasteiger partial charge in [-0.25, -0.2) is 9.48 Å². The maximum absolute atomic E-state index is 12.6. The zero-order chi connectivity index (χ0) is 16.4. The highest BCUT2D eigenvalue weighted by Gasteiger charge is 2.37. The van der Waals surface area contributed by atoms with Gasteiger partial charge in [0.1, 0.15) is 5.69 Å². The van der Waals surface area contributed by atoms with Crippen molar-refractivity contribution in [1.29, 1.82) is 0 Å². The molecule has 1 aromatic heterocycles. The van der Waals surface area contributed by atoms with Gasteiger partial charge in [0.05, 0.1) is 18.4 Å². The van der Waals surface area contributed by atoms with Crippen molar-refractivity contribution in [3.63, 3.8) is 0 Å². The second kappa shape index (κ2) is 6.63. The lowest BCUT2D eigenvalue weighted by Gasteiger charge is -2.37. The van der Waals surface area contributed by atoms with Gasteiger partial charge in [-0.1, -0.05) is 29.8 Å². The van der Waals surface area contributed by atoms with Crippen molar-refractivity contribution in [2.45, 2.75) is 44.7 Å². The van der Waals surface area contributed by atoms with Crippen LogP contribution in [-0.2, 0) is 6.54 Å². The largest absolute Gasteiger partial charge is 0.332 e. The Kier molecular flexibility index (Phi) is 4.19. The Morgan fingerprint density at radius 2 is 2.00 bits per heavy atom. The highest BCUT2D eigenvalue weighted by Crippen LogP contribution is 2.36. The lowest BCUT2D eigenvalue weighted by molar-refractivity contribution is 0.128. The molecule has 2 amide bonds. The fourth-order valence-corrected chi connectivity index (χ4v) is 4.06. The number of piperidine rings is 1. The van der Waals surface area contributed by atoms with Crippen LogP contribution < -0.4 is 5.32 Å². The van der Waals surface area contributed by atoms with Gasteiger partial charge >= 0.3 is 6.03 Å². The summed E-state index contributed by atoms with van der Waals surface area (Å²) >= 11 is 0. The molecule has 0 unspecified atom stereocenters. The standard InChI is InChI=1S/C18H23N5O/c24-18(22-11-5-7-14-6-4-10-17(14)22)19-12-15-13-23(21-20-15)16-8-2-1-3-9-16/h1-3,8-9,13-14,17H,4-7,10-12H2,(H,19,24)/t14-,17+/m1/s1. The van der Waals surface area contributed by atoms with Crippen molar-refractivity contribution in [2.75, 3.05) is 6.54 Å². The molecular weight excluding hydrogens is 302 g/mol. The molecule has 1 saturated heterocycles. The first-order chi connectivity index (χ1) is 11.8. The number of aromatic nitrogens is 3. The SMILES string of the molecule is O=C(NCc1cn(-c2ccccc2)nn1)N1CCC[C@H]2CCC[C@@H]21. The van der Waals surface area contributed by atoms with Gasteiger partial charge in [0, 0.05) is 12.6 Å². The van der Waals surface area contributed by atoms with Gasteiger partial charge in [-0.05, 0) is 43.7 Å². The quantitative estimate of drug-likeness (QED) is 0.944. The van der Waals surface area contributed by atoms with Crippen LogP contribution in [0.3, 0.4) is 0 Å². The molecule has 1 saturated carbocycles. The Labute approximate surface area is 141 Å². The molecule has 2 atom stereocenters. The summed E-state index contributed by atoms with van der Waals surface area (Å²) in [4.78, 5) is 14.6. The normalized spacial score (nSPS) is 23.1. The number of rotatable bonds is 3. The van der Waals surface area contributed by atoms with Crippen LogP contribution in [-0.4, -0.2) is 38.5 Å². The van der Waals surface area contributed by atoms with E-state index in [1.54, 1.807) is 4.68 Å². The maximum Gasteiger partial charge on any atom is 0.317 e. The molecule has 2 heterocycles. The summed E-state index contributed by atoms with van der Waals surface area (Å²) in [5, 5.41) is 11.3. The van der Waals surface area contributed by atoms with E-state index in [1.807, 2.05) is 41.4 Å². The van der Waals surface area contributed by atoms with Gasteiger partial charge < -0.3 is 10.2 Å². The van der Waals surface area contributed by atoms with Gasteiger partial charge in [0.2, 0.25) is 0 Å². The average Bonchev–Trinajstić information content (AvgIpc) is 3.29. The molecule has 0 spiro atoms. The van der Waals surface area contributed by atoms with Crippen molar-refractivity contribution in [2.24, 2.45) is 5.92 Å². The second-order valence-electron chi connectivity index (χ2n) is 6.74. The molecule has 126 valence electrons. The summed E-state index contributed by atoms with van der Waals surface area (Å²) in [7, 11) is 0. The highest BCUT2D eigenvalue weighted by molar-refractivity contribution is 5.74. The number of carbonyl (C=O) groups is 1. The maximum atomic E-state index is 12.6. The fraction of sp³-hybridized carbons (Fsp3) is 0.500. The van der Waals surface area contributed by atoms with E-state index >= 15 is 0 Å². The molecular formula is C18H23N5O. The number of hydrogen-bond acceptors (Lipinski definition) is 3. The molecule has 1 aliphatic carbocycles. The Morgan fingerprint density at radius 3 is 2.88 bits per heavy atom. The van der Waals surface area contributed by atoms with Crippen molar-refractivity contribution >= 4 is 6.03 Å². The monoisotopic (exact) mass is 325 g/mol. The lowest BCUT2D eigenvalue weighted by Crippen LogP contribution is -2.50. The topological polar surface area (TPSA) is 63.1 Å². The molecule has 2 aromatic rings. The Balaban J connectivity index is 1.37. The highest BCUT2D eigenvalue weighted by atomic mass is 16.2. The Hall–Kier alpha value is -2.37. The van der Waals surface area contributed by atoms with E-state index in [0.29, 0.717) is 18.5 Å². The van der Waals surface area contributed by atoms with E-state index in [0.717, 1.165) is 30.8 Å². The summed E-state index contributed by atoms with van der Waals surface area (Å²) in [6.07, 6.45) is 7.95. The molecule has 0 bridgehead atoms. The van der Waals surface area contributed by atoms with Crippen LogP contribution in [0.1, 0.15) is 37.8 Å². The number of para-hydroxylation sites is 1. The molecule has 6 heteroatoms. The van der Waals surface area contributed by atoms with Gasteiger partial charge in [0.25, 0.3) is 0 Å². The minimum Gasteiger partial charge on any atom is -0.332 e. The minimum absolute atomic E-state index is 0.0425. The van der Waals surface area contributed by atoms with E-state index in [9.17, 15) is 4.79 Å². The first-order valence-corrected chi connectivity index (χ1v) is 8.82. The average molecular weight is 325 g/mol. The summed E-state index contributed by atoms with van der Waals surface area (Å²) in [5.41, 5.74) is 1.74. The predicted molar refractivity (Wildman–Crippen MR) is 90.7 cm³/mol. The van der Waals surface area contributed by atoms with Crippen LogP contribution in [0.15, 0.2) is 36.5 Å². The summed E-state index contributed by atoms with van der Waals surface area (Å²) in [5.74, 6) is 0.712. The van der Waals surface area contributed by atoms with Crippen molar-refractivity contribution in [3.05, 3.63) is 42.2 Å². The third-order valence-electron chi connectivity index (χ3n) is 5.24. The zero-order valence-corrected chi connectivity index (χ0v) is 13.8. The molecule has 6 nitrogen and oxygen atoms in total. The number of urea groups is 1. The summed E-state index contributed by atoms with van der Waals surface area (Å²) < 4.78 is 1.73. The van der Waals surface area contributed by atoms with Crippen LogP contribution in [0.2, 0.25) is 0 Å². The Bertz CT molecular complexity index is 698. The number of benzene rings is 1. The lowest BCUT2D eigenvalue weighted by atomic mass is 9.92. The van der Waals surface area contributed by atoms with Gasteiger partial charge in [0.15, 0.2) is 0 Å². The van der Waals surface area contributed by atoms with Crippen LogP contribution in [0, 0.1) is 5.92 Å². The zero-order valence-electron chi connectivity index (χ0n) is 13.8. The number of hydrogen-bond donors (Lipinski definition) is 1. The molecule has 24 heavy (non-hydrogen) atoms. The molecule has 0 radical (unpaired) electrons. The van der Waals surface area contributed by atoms with E-state index in [2.05, 4.69) is 15.6 Å². The van der Waals surface area contributed by atoms with E-state index in [1.165, 1.54) is 19.3 Å². The molecule has 1 aliphatic heterocycles.